The molecule has 190 valence electrons. The Balaban J connectivity index is 1.91. The Hall–Kier alpha value is -3.09. The largest absolute Gasteiger partial charge is 0.481 e. The number of halogens is 3. The third-order valence-corrected chi connectivity index (χ3v) is 6.36. The van der Waals surface area contributed by atoms with Gasteiger partial charge >= 0.3 is 0 Å². The van der Waals surface area contributed by atoms with Gasteiger partial charge in [-0.3, -0.25) is 9.59 Å². The van der Waals surface area contributed by atoms with Crippen molar-refractivity contribution in [2.75, 3.05) is 13.2 Å². The van der Waals surface area contributed by atoms with E-state index >= 15 is 0 Å². The molecule has 0 aliphatic rings. The summed E-state index contributed by atoms with van der Waals surface area (Å²) in [5.41, 5.74) is 1.60. The third-order valence-electron chi connectivity index (χ3n) is 5.63. The van der Waals surface area contributed by atoms with Gasteiger partial charge in [0.25, 0.3) is 5.91 Å². The van der Waals surface area contributed by atoms with E-state index in [1.54, 1.807) is 24.3 Å². The second kappa shape index (κ2) is 13.9. The molecule has 8 heteroatoms. The zero-order valence-corrected chi connectivity index (χ0v) is 21.6. The number of amides is 2. The Bertz CT molecular complexity index is 1160. The van der Waals surface area contributed by atoms with Crippen LogP contribution in [0.5, 0.6) is 5.75 Å². The van der Waals surface area contributed by atoms with Crippen LogP contribution in [0.1, 0.15) is 30.9 Å². The number of hydrogen-bond acceptors (Lipinski definition) is 3. The maximum absolute atomic E-state index is 14.1. The molecule has 0 heterocycles. The minimum absolute atomic E-state index is 0.0349. The number of rotatable bonds is 12. The van der Waals surface area contributed by atoms with E-state index in [1.165, 1.54) is 23.1 Å². The molecule has 2 amide bonds. The maximum atomic E-state index is 14.1. The lowest BCUT2D eigenvalue weighted by atomic mass is 10.0. The number of ether oxygens (including phenoxy) is 1. The molecule has 0 aromatic heterocycles. The minimum atomic E-state index is -0.824. The number of para-hydroxylation sites is 1. The van der Waals surface area contributed by atoms with E-state index < -0.39 is 24.4 Å². The average molecular weight is 531 g/mol. The molecule has 0 fully saturated rings. The maximum Gasteiger partial charge on any atom is 0.261 e. The van der Waals surface area contributed by atoms with Crippen LogP contribution in [0, 0.1) is 5.82 Å². The lowest BCUT2D eigenvalue weighted by Crippen LogP contribution is -2.51. The third kappa shape index (κ3) is 7.97. The summed E-state index contributed by atoms with van der Waals surface area (Å²) < 4.78 is 19.6. The number of hydrogen-bond donors (Lipinski definition) is 1. The first-order chi connectivity index (χ1) is 17.4. The Morgan fingerprint density at radius 3 is 2.39 bits per heavy atom. The van der Waals surface area contributed by atoms with Crippen LogP contribution in [0.25, 0.3) is 0 Å². The second-order valence-corrected chi connectivity index (χ2v) is 9.15. The van der Waals surface area contributed by atoms with Gasteiger partial charge in [-0.2, -0.15) is 0 Å². The molecule has 0 unspecified atom stereocenters. The lowest BCUT2D eigenvalue weighted by Gasteiger charge is -2.31. The molecule has 0 aliphatic carbocycles. The van der Waals surface area contributed by atoms with Gasteiger partial charge < -0.3 is 15.0 Å². The first kappa shape index (κ1) is 27.5. The monoisotopic (exact) mass is 530 g/mol. The SMILES string of the molecule is CCCCNC(=O)[C@@H](Cc1ccccc1)N(Cc1ccc(Cl)c(Cl)c1)C(=O)COc1ccccc1F. The van der Waals surface area contributed by atoms with E-state index in [0.29, 0.717) is 28.6 Å². The Morgan fingerprint density at radius 2 is 1.69 bits per heavy atom. The van der Waals surface area contributed by atoms with E-state index in [1.807, 2.05) is 37.3 Å². The van der Waals surface area contributed by atoms with Gasteiger partial charge in [0.05, 0.1) is 10.0 Å². The normalized spacial score (nSPS) is 11.6. The highest BCUT2D eigenvalue weighted by Gasteiger charge is 2.30. The van der Waals surface area contributed by atoms with Gasteiger partial charge in [0.1, 0.15) is 6.04 Å². The summed E-state index contributed by atoms with van der Waals surface area (Å²) in [5.74, 6) is -1.34. The highest BCUT2D eigenvalue weighted by Crippen LogP contribution is 2.24. The number of carbonyl (C=O) groups excluding carboxylic acids is 2. The molecule has 3 aromatic rings. The fourth-order valence-electron chi connectivity index (χ4n) is 3.68. The topological polar surface area (TPSA) is 58.6 Å². The number of nitrogens with zero attached hydrogens (tertiary/aromatic N) is 1. The highest BCUT2D eigenvalue weighted by molar-refractivity contribution is 6.42. The predicted octanol–water partition coefficient (Wildman–Crippen LogP) is 6.07. The van der Waals surface area contributed by atoms with Crippen LogP contribution >= 0.6 is 23.2 Å². The molecule has 0 saturated heterocycles. The molecule has 0 spiro atoms. The van der Waals surface area contributed by atoms with Crippen molar-refractivity contribution in [3.63, 3.8) is 0 Å². The Labute approximate surface area is 221 Å². The van der Waals surface area contributed by atoms with E-state index in [0.717, 1.165) is 18.4 Å². The van der Waals surface area contributed by atoms with Crippen LogP contribution in [0.4, 0.5) is 4.39 Å². The van der Waals surface area contributed by atoms with Crippen molar-refractivity contribution in [3.05, 3.63) is 99.8 Å². The van der Waals surface area contributed by atoms with Crippen molar-refractivity contribution < 1.29 is 18.7 Å². The molecule has 1 N–H and O–H groups in total. The average Bonchev–Trinajstić information content (AvgIpc) is 2.88. The minimum Gasteiger partial charge on any atom is -0.481 e. The van der Waals surface area contributed by atoms with Gasteiger partial charge in [0, 0.05) is 19.5 Å². The number of nitrogens with one attached hydrogen (secondary N) is 1. The summed E-state index contributed by atoms with van der Waals surface area (Å²) in [4.78, 5) is 28.3. The molecule has 0 aliphatic heterocycles. The molecule has 3 rings (SSSR count). The van der Waals surface area contributed by atoms with E-state index in [-0.39, 0.29) is 18.2 Å². The number of unbranched alkanes of at least 4 members (excludes halogenated alkanes) is 1. The zero-order valence-electron chi connectivity index (χ0n) is 20.1. The first-order valence-electron chi connectivity index (χ1n) is 11.8. The van der Waals surface area contributed by atoms with Crippen LogP contribution < -0.4 is 10.1 Å². The molecule has 0 bridgehead atoms. The van der Waals surface area contributed by atoms with Crippen LogP contribution in [0.3, 0.4) is 0 Å². The van der Waals surface area contributed by atoms with Crippen LogP contribution in [-0.2, 0) is 22.6 Å². The van der Waals surface area contributed by atoms with Crippen molar-refractivity contribution in [3.8, 4) is 5.75 Å². The van der Waals surface area contributed by atoms with Crippen molar-refractivity contribution >= 4 is 35.0 Å². The van der Waals surface area contributed by atoms with Crippen molar-refractivity contribution in [2.45, 2.75) is 38.8 Å². The van der Waals surface area contributed by atoms with E-state index in [4.69, 9.17) is 27.9 Å². The molecule has 5 nitrogen and oxygen atoms in total. The summed E-state index contributed by atoms with van der Waals surface area (Å²) in [6.45, 7) is 2.19. The van der Waals surface area contributed by atoms with Gasteiger partial charge in [-0.1, -0.05) is 85.1 Å². The summed E-state index contributed by atoms with van der Waals surface area (Å²) in [6.07, 6.45) is 2.04. The lowest BCUT2D eigenvalue weighted by molar-refractivity contribution is -0.142. The molecule has 36 heavy (non-hydrogen) atoms. The van der Waals surface area contributed by atoms with Gasteiger partial charge in [-0.15, -0.1) is 0 Å². The second-order valence-electron chi connectivity index (χ2n) is 8.34. The van der Waals surface area contributed by atoms with Gasteiger partial charge in [0.2, 0.25) is 5.91 Å². The van der Waals surface area contributed by atoms with Crippen molar-refractivity contribution in [2.24, 2.45) is 0 Å². The standard InChI is InChI=1S/C28H29Cl2FN2O3/c1-2-3-15-32-28(35)25(17-20-9-5-4-6-10-20)33(18-21-13-14-22(29)23(30)16-21)27(34)19-36-26-12-8-7-11-24(26)31/h4-14,16,25H,2-3,15,17-19H2,1H3,(H,32,35)/t25-/m1/s1. The fourth-order valence-corrected chi connectivity index (χ4v) is 4.00. The van der Waals surface area contributed by atoms with Crippen LogP contribution in [0.15, 0.2) is 72.8 Å². The Morgan fingerprint density at radius 1 is 0.972 bits per heavy atom. The summed E-state index contributed by atoms with van der Waals surface area (Å²) in [7, 11) is 0. The van der Waals surface area contributed by atoms with Crippen molar-refractivity contribution in [1.82, 2.24) is 10.2 Å². The predicted molar refractivity (Wildman–Crippen MR) is 141 cm³/mol. The van der Waals surface area contributed by atoms with Gasteiger partial charge in [0.15, 0.2) is 18.2 Å². The van der Waals surface area contributed by atoms with Gasteiger partial charge in [-0.25, -0.2) is 4.39 Å². The molecule has 0 saturated carbocycles. The molecule has 1 atom stereocenters. The fraction of sp³-hybridized carbons (Fsp3) is 0.286. The number of carbonyl (C=O) groups is 2. The first-order valence-corrected chi connectivity index (χ1v) is 12.6. The van der Waals surface area contributed by atoms with Crippen molar-refractivity contribution in [1.29, 1.82) is 0 Å². The quantitative estimate of drug-likeness (QED) is 0.289. The number of benzene rings is 3. The van der Waals surface area contributed by atoms with E-state index in [9.17, 15) is 14.0 Å². The van der Waals surface area contributed by atoms with Crippen LogP contribution in [-0.4, -0.2) is 35.9 Å². The van der Waals surface area contributed by atoms with Crippen LogP contribution in [0.2, 0.25) is 10.0 Å². The zero-order chi connectivity index (χ0) is 25.9. The Kier molecular flexibility index (Phi) is 10.6. The highest BCUT2D eigenvalue weighted by atomic mass is 35.5. The van der Waals surface area contributed by atoms with Gasteiger partial charge in [-0.05, 0) is 41.8 Å². The summed E-state index contributed by atoms with van der Waals surface area (Å²) >= 11 is 12.3. The molecular formula is C28H29Cl2FN2O3. The smallest absolute Gasteiger partial charge is 0.261 e. The molecule has 0 radical (unpaired) electrons. The molecule has 3 aromatic carbocycles. The van der Waals surface area contributed by atoms with E-state index in [2.05, 4.69) is 5.32 Å². The molecular weight excluding hydrogens is 502 g/mol. The summed E-state index contributed by atoms with van der Waals surface area (Å²) in [5, 5.41) is 3.68. The summed E-state index contributed by atoms with van der Waals surface area (Å²) in [6, 6.07) is 19.6.